The number of allylic oxidation sites excluding steroid dienone is 1. The van der Waals surface area contributed by atoms with E-state index in [-0.39, 0.29) is 5.57 Å². The van der Waals surface area contributed by atoms with Crippen LogP contribution in [0.1, 0.15) is 48.1 Å². The SMILES string of the molecule is COc1ccc(CCN2C(=O)C(O)=C(C(=O)/C=C/c3ccccc3)C2c2ccc(C(C)C)cc2)cc1OC. The largest absolute Gasteiger partial charge is 0.503 e. The van der Waals surface area contributed by atoms with Gasteiger partial charge >= 0.3 is 0 Å². The molecule has 3 aromatic rings. The molecule has 6 heteroatoms. The molecule has 1 atom stereocenters. The number of aliphatic hydroxyl groups is 1. The fourth-order valence-electron chi connectivity index (χ4n) is 4.66. The van der Waals surface area contributed by atoms with Gasteiger partial charge in [0.25, 0.3) is 5.91 Å². The minimum Gasteiger partial charge on any atom is -0.503 e. The lowest BCUT2D eigenvalue weighted by atomic mass is 9.93. The van der Waals surface area contributed by atoms with Crippen molar-refractivity contribution in [2.45, 2.75) is 32.2 Å². The highest BCUT2D eigenvalue weighted by molar-refractivity contribution is 6.14. The molecule has 0 saturated heterocycles. The van der Waals surface area contributed by atoms with Gasteiger partial charge < -0.3 is 19.5 Å². The number of carbonyl (C=O) groups excluding carboxylic acids is 2. The summed E-state index contributed by atoms with van der Waals surface area (Å²) < 4.78 is 10.7. The topological polar surface area (TPSA) is 76.1 Å². The van der Waals surface area contributed by atoms with Crippen LogP contribution in [0.2, 0.25) is 0 Å². The molecule has 1 N–H and O–H groups in total. The first kappa shape index (κ1) is 26.7. The molecule has 1 amide bonds. The Bertz CT molecular complexity index is 1360. The maximum absolute atomic E-state index is 13.4. The lowest BCUT2D eigenvalue weighted by Gasteiger charge is -2.27. The second-order valence-corrected chi connectivity index (χ2v) is 9.53. The van der Waals surface area contributed by atoms with Crippen LogP contribution in [0.25, 0.3) is 6.08 Å². The highest BCUT2D eigenvalue weighted by atomic mass is 16.5. The Morgan fingerprint density at radius 3 is 2.29 bits per heavy atom. The van der Waals surface area contributed by atoms with Gasteiger partial charge in [-0.05, 0) is 52.8 Å². The third-order valence-electron chi connectivity index (χ3n) is 6.80. The van der Waals surface area contributed by atoms with Crippen molar-refractivity contribution in [3.63, 3.8) is 0 Å². The van der Waals surface area contributed by atoms with Gasteiger partial charge in [-0.3, -0.25) is 9.59 Å². The Labute approximate surface area is 223 Å². The van der Waals surface area contributed by atoms with Crippen LogP contribution in [0, 0.1) is 0 Å². The summed E-state index contributed by atoms with van der Waals surface area (Å²) >= 11 is 0. The first-order valence-corrected chi connectivity index (χ1v) is 12.7. The third kappa shape index (κ3) is 5.65. The average molecular weight is 512 g/mol. The summed E-state index contributed by atoms with van der Waals surface area (Å²) in [6.07, 6.45) is 3.61. The number of carbonyl (C=O) groups is 2. The van der Waals surface area contributed by atoms with Crippen molar-refractivity contribution in [3.05, 3.63) is 112 Å². The summed E-state index contributed by atoms with van der Waals surface area (Å²) in [5.41, 5.74) is 3.81. The van der Waals surface area contributed by atoms with Crippen molar-refractivity contribution in [1.29, 1.82) is 0 Å². The van der Waals surface area contributed by atoms with Gasteiger partial charge in [-0.2, -0.15) is 0 Å². The van der Waals surface area contributed by atoms with Crippen LogP contribution in [0.3, 0.4) is 0 Å². The molecule has 0 bridgehead atoms. The monoisotopic (exact) mass is 511 g/mol. The van der Waals surface area contributed by atoms with Gasteiger partial charge in [-0.25, -0.2) is 0 Å². The first-order chi connectivity index (χ1) is 18.3. The van der Waals surface area contributed by atoms with E-state index >= 15 is 0 Å². The van der Waals surface area contributed by atoms with E-state index in [2.05, 4.69) is 13.8 Å². The Morgan fingerprint density at radius 2 is 1.66 bits per heavy atom. The quantitative estimate of drug-likeness (QED) is 0.336. The number of ketones is 1. The number of benzene rings is 3. The van der Waals surface area contributed by atoms with Gasteiger partial charge in [0.2, 0.25) is 0 Å². The molecule has 6 nitrogen and oxygen atoms in total. The summed E-state index contributed by atoms with van der Waals surface area (Å²) in [5, 5.41) is 10.9. The van der Waals surface area contributed by atoms with E-state index in [4.69, 9.17) is 9.47 Å². The zero-order valence-corrected chi connectivity index (χ0v) is 22.2. The number of methoxy groups -OCH3 is 2. The molecule has 38 heavy (non-hydrogen) atoms. The zero-order valence-electron chi connectivity index (χ0n) is 22.2. The van der Waals surface area contributed by atoms with Gasteiger partial charge in [-0.15, -0.1) is 0 Å². The number of rotatable bonds is 10. The van der Waals surface area contributed by atoms with E-state index in [1.54, 1.807) is 25.2 Å². The van der Waals surface area contributed by atoms with Crippen LogP contribution in [-0.4, -0.2) is 42.5 Å². The van der Waals surface area contributed by atoms with Gasteiger partial charge in [0.15, 0.2) is 23.0 Å². The van der Waals surface area contributed by atoms with Gasteiger partial charge in [0, 0.05) is 6.54 Å². The molecule has 0 aromatic heterocycles. The van der Waals surface area contributed by atoms with Gasteiger partial charge in [0.05, 0.1) is 25.8 Å². The van der Waals surface area contributed by atoms with Crippen LogP contribution in [0.5, 0.6) is 11.5 Å². The summed E-state index contributed by atoms with van der Waals surface area (Å²) in [6, 6.07) is 22.2. The van der Waals surface area contributed by atoms with Crippen LogP contribution >= 0.6 is 0 Å². The molecule has 1 heterocycles. The first-order valence-electron chi connectivity index (χ1n) is 12.7. The Kier molecular flexibility index (Phi) is 8.31. The molecule has 0 radical (unpaired) electrons. The number of nitrogens with zero attached hydrogens (tertiary/aromatic N) is 1. The Balaban J connectivity index is 1.66. The van der Waals surface area contributed by atoms with Crippen molar-refractivity contribution in [2.75, 3.05) is 20.8 Å². The van der Waals surface area contributed by atoms with E-state index in [1.807, 2.05) is 72.8 Å². The molecule has 3 aromatic carbocycles. The normalized spacial score (nSPS) is 15.6. The molecule has 4 rings (SSSR count). The molecular weight excluding hydrogens is 478 g/mol. The minimum absolute atomic E-state index is 0.0896. The Hall–Kier alpha value is -4.32. The van der Waals surface area contributed by atoms with E-state index in [0.29, 0.717) is 30.4 Å². The number of aliphatic hydroxyl groups excluding tert-OH is 1. The number of hydrogen-bond acceptors (Lipinski definition) is 5. The molecular formula is C32H33NO5. The molecule has 1 aliphatic rings. The van der Waals surface area contributed by atoms with E-state index in [0.717, 1.165) is 22.3 Å². The highest BCUT2D eigenvalue weighted by Gasteiger charge is 2.42. The number of hydrogen-bond donors (Lipinski definition) is 1. The summed E-state index contributed by atoms with van der Waals surface area (Å²) in [4.78, 5) is 28.3. The lowest BCUT2D eigenvalue weighted by Crippen LogP contribution is -2.33. The maximum Gasteiger partial charge on any atom is 0.290 e. The van der Waals surface area contributed by atoms with Crippen molar-refractivity contribution in [1.82, 2.24) is 4.90 Å². The van der Waals surface area contributed by atoms with Crippen LogP contribution in [-0.2, 0) is 16.0 Å². The predicted octanol–water partition coefficient (Wildman–Crippen LogP) is 6.05. The lowest BCUT2D eigenvalue weighted by molar-refractivity contribution is -0.129. The summed E-state index contributed by atoms with van der Waals surface area (Å²) in [5.74, 6) is 0.105. The van der Waals surface area contributed by atoms with Crippen molar-refractivity contribution in [3.8, 4) is 11.5 Å². The van der Waals surface area contributed by atoms with E-state index in [1.165, 1.54) is 6.08 Å². The molecule has 196 valence electrons. The van der Waals surface area contributed by atoms with Crippen molar-refractivity contribution in [2.24, 2.45) is 0 Å². The van der Waals surface area contributed by atoms with Crippen LogP contribution < -0.4 is 9.47 Å². The summed E-state index contributed by atoms with van der Waals surface area (Å²) in [7, 11) is 3.15. The van der Waals surface area contributed by atoms with Crippen molar-refractivity contribution < 1.29 is 24.2 Å². The second kappa shape index (κ2) is 11.8. The predicted molar refractivity (Wildman–Crippen MR) is 148 cm³/mol. The van der Waals surface area contributed by atoms with E-state index in [9.17, 15) is 14.7 Å². The third-order valence-corrected chi connectivity index (χ3v) is 6.80. The molecule has 0 aliphatic carbocycles. The zero-order chi connectivity index (χ0) is 27.2. The van der Waals surface area contributed by atoms with Crippen LogP contribution in [0.15, 0.2) is 90.2 Å². The molecule has 1 unspecified atom stereocenters. The standard InChI is InChI=1S/C32H33NO5/c1-21(2)24-12-14-25(15-13-24)30-29(26(34)16-10-22-8-6-5-7-9-22)31(35)32(36)33(30)19-18-23-11-17-27(37-3)28(20-23)38-4/h5-17,20-21,30,35H,18-19H2,1-4H3/b16-10+. The molecule has 1 aliphatic heterocycles. The average Bonchev–Trinajstić information content (AvgIpc) is 3.20. The number of amides is 1. The van der Waals surface area contributed by atoms with Crippen molar-refractivity contribution >= 4 is 17.8 Å². The highest BCUT2D eigenvalue weighted by Crippen LogP contribution is 2.39. The number of ether oxygens (including phenoxy) is 2. The summed E-state index contributed by atoms with van der Waals surface area (Å²) in [6.45, 7) is 4.52. The molecule has 0 fully saturated rings. The molecule has 0 spiro atoms. The van der Waals surface area contributed by atoms with Gasteiger partial charge in [0.1, 0.15) is 0 Å². The minimum atomic E-state index is -0.697. The fraction of sp³-hybridized carbons (Fsp3) is 0.250. The van der Waals surface area contributed by atoms with E-state index < -0.39 is 23.5 Å². The van der Waals surface area contributed by atoms with Crippen LogP contribution in [0.4, 0.5) is 0 Å². The second-order valence-electron chi connectivity index (χ2n) is 9.53. The van der Waals surface area contributed by atoms with Gasteiger partial charge in [-0.1, -0.05) is 80.6 Å². The smallest absolute Gasteiger partial charge is 0.290 e. The fourth-order valence-corrected chi connectivity index (χ4v) is 4.66. The Morgan fingerprint density at radius 1 is 0.974 bits per heavy atom. The molecule has 0 saturated carbocycles. The maximum atomic E-state index is 13.4.